The van der Waals surface area contributed by atoms with Crippen molar-refractivity contribution in [1.29, 1.82) is 0 Å². The van der Waals surface area contributed by atoms with Crippen LogP contribution in [0.5, 0.6) is 0 Å². The average Bonchev–Trinajstić information content (AvgIpc) is 3.07. The Morgan fingerprint density at radius 2 is 1.88 bits per heavy atom. The van der Waals surface area contributed by atoms with E-state index in [1.165, 1.54) is 11.8 Å². The fourth-order valence-electron chi connectivity index (χ4n) is 4.46. The van der Waals surface area contributed by atoms with Crippen molar-refractivity contribution in [2.24, 2.45) is 0 Å². The fraction of sp³-hybridized carbons (Fsp3) is 0.320. The predicted molar refractivity (Wildman–Crippen MR) is 123 cm³/mol. The second-order valence-electron chi connectivity index (χ2n) is 8.45. The van der Waals surface area contributed by atoms with E-state index in [2.05, 4.69) is 34.3 Å². The predicted octanol–water partition coefficient (Wildman–Crippen LogP) is 3.19. The molecule has 4 aromatic rings. The van der Waals surface area contributed by atoms with E-state index in [9.17, 15) is 9.59 Å². The molecule has 2 aromatic carbocycles. The van der Waals surface area contributed by atoms with Crippen LogP contribution in [0.25, 0.3) is 21.9 Å². The monoisotopic (exact) mass is 430 g/mol. The van der Waals surface area contributed by atoms with Gasteiger partial charge in [-0.3, -0.25) is 14.4 Å². The first-order valence-corrected chi connectivity index (χ1v) is 11.0. The van der Waals surface area contributed by atoms with Gasteiger partial charge in [-0.2, -0.15) is 5.10 Å². The molecule has 0 bridgehead atoms. The molecule has 2 aromatic heterocycles. The fourth-order valence-corrected chi connectivity index (χ4v) is 4.46. The van der Waals surface area contributed by atoms with Gasteiger partial charge in [0.2, 0.25) is 5.91 Å². The van der Waals surface area contributed by atoms with Crippen LogP contribution in [0.2, 0.25) is 0 Å². The number of carbonyl (C=O) groups is 1. The van der Waals surface area contributed by atoms with Crippen molar-refractivity contribution in [3.8, 4) is 0 Å². The van der Waals surface area contributed by atoms with Crippen LogP contribution in [0.3, 0.4) is 0 Å². The van der Waals surface area contributed by atoms with Gasteiger partial charge in [0.25, 0.3) is 0 Å². The van der Waals surface area contributed by atoms with E-state index >= 15 is 0 Å². The summed E-state index contributed by atoms with van der Waals surface area (Å²) in [5.74, 6) is 0.0191. The maximum Gasteiger partial charge on any atom is 0.347 e. The molecule has 5 rings (SSSR count). The summed E-state index contributed by atoms with van der Waals surface area (Å²) >= 11 is 0. The lowest BCUT2D eigenvalue weighted by Gasteiger charge is -2.22. The first kappa shape index (κ1) is 20.5. The van der Waals surface area contributed by atoms with Crippen molar-refractivity contribution in [2.45, 2.75) is 26.4 Å². The van der Waals surface area contributed by atoms with Gasteiger partial charge in [0.15, 0.2) is 0 Å². The first-order valence-electron chi connectivity index (χ1n) is 11.0. The Morgan fingerprint density at radius 1 is 1.03 bits per heavy atom. The standard InChI is InChI=1S/C25H26N4O3/c1-18-8-9-22-20(14-18)24-21(25(31)32-22)15-26-29(24)17-23(30)28-11-5-10-27(12-13-28)16-19-6-3-2-4-7-19/h2-4,6-9,14-15H,5,10-13,16-17H2,1H3. The number of hydrogen-bond donors (Lipinski definition) is 0. The summed E-state index contributed by atoms with van der Waals surface area (Å²) in [6.07, 6.45) is 2.43. The Balaban J connectivity index is 1.34. The van der Waals surface area contributed by atoms with E-state index in [-0.39, 0.29) is 12.5 Å². The second-order valence-corrected chi connectivity index (χ2v) is 8.45. The number of carbonyl (C=O) groups excluding carboxylic acids is 1. The maximum atomic E-state index is 13.2. The largest absolute Gasteiger partial charge is 0.422 e. The number of amides is 1. The zero-order chi connectivity index (χ0) is 22.1. The number of aryl methyl sites for hydroxylation is 1. The van der Waals surface area contributed by atoms with Crippen LogP contribution < -0.4 is 5.63 Å². The highest BCUT2D eigenvalue weighted by molar-refractivity contribution is 6.02. The Labute approximate surface area is 185 Å². The number of fused-ring (bicyclic) bond motifs is 3. The molecule has 1 fully saturated rings. The Hall–Kier alpha value is -3.45. The number of hydrogen-bond acceptors (Lipinski definition) is 5. The lowest BCUT2D eigenvalue weighted by molar-refractivity contribution is -0.131. The van der Waals surface area contributed by atoms with Gasteiger partial charge in [-0.05, 0) is 31.0 Å². The van der Waals surface area contributed by atoms with Crippen molar-refractivity contribution in [1.82, 2.24) is 19.6 Å². The lowest BCUT2D eigenvalue weighted by atomic mass is 10.1. The molecule has 7 nitrogen and oxygen atoms in total. The van der Waals surface area contributed by atoms with E-state index in [1.807, 2.05) is 30.0 Å². The number of benzene rings is 2. The highest BCUT2D eigenvalue weighted by Gasteiger charge is 2.21. The molecule has 3 heterocycles. The highest BCUT2D eigenvalue weighted by atomic mass is 16.4. The van der Waals surface area contributed by atoms with Crippen molar-refractivity contribution in [3.05, 3.63) is 76.3 Å². The van der Waals surface area contributed by atoms with Crippen LogP contribution >= 0.6 is 0 Å². The summed E-state index contributed by atoms with van der Waals surface area (Å²) in [6.45, 7) is 6.21. The quantitative estimate of drug-likeness (QED) is 0.465. The minimum absolute atomic E-state index is 0.0191. The molecular weight excluding hydrogens is 404 g/mol. The molecule has 0 unspecified atom stereocenters. The van der Waals surface area contributed by atoms with Crippen LogP contribution in [0.1, 0.15) is 17.5 Å². The van der Waals surface area contributed by atoms with E-state index in [4.69, 9.17) is 4.42 Å². The van der Waals surface area contributed by atoms with E-state index in [0.717, 1.165) is 43.5 Å². The SMILES string of the molecule is Cc1ccc2oc(=O)c3cnn(CC(=O)N4CCCN(Cc5ccccc5)CC4)c3c2c1. The van der Waals surface area contributed by atoms with Gasteiger partial charge >= 0.3 is 5.63 Å². The van der Waals surface area contributed by atoms with E-state index < -0.39 is 5.63 Å². The van der Waals surface area contributed by atoms with Gasteiger partial charge in [-0.15, -0.1) is 0 Å². The molecule has 0 aliphatic carbocycles. The summed E-state index contributed by atoms with van der Waals surface area (Å²) in [6, 6.07) is 16.1. The molecule has 0 saturated carbocycles. The molecule has 32 heavy (non-hydrogen) atoms. The molecule has 1 aliphatic rings. The van der Waals surface area contributed by atoms with Crippen molar-refractivity contribution < 1.29 is 9.21 Å². The molecular formula is C25H26N4O3. The zero-order valence-corrected chi connectivity index (χ0v) is 18.2. The van der Waals surface area contributed by atoms with Crippen LogP contribution in [0.15, 0.2) is 63.9 Å². The molecule has 0 N–H and O–H groups in total. The summed E-state index contributed by atoms with van der Waals surface area (Å²) in [5, 5.41) is 5.57. The average molecular weight is 431 g/mol. The van der Waals surface area contributed by atoms with Gasteiger partial charge in [0, 0.05) is 38.1 Å². The van der Waals surface area contributed by atoms with Gasteiger partial charge in [0.1, 0.15) is 17.5 Å². The van der Waals surface area contributed by atoms with Crippen molar-refractivity contribution in [3.63, 3.8) is 0 Å². The van der Waals surface area contributed by atoms with E-state index in [0.29, 0.717) is 23.0 Å². The Bertz CT molecular complexity index is 1330. The number of rotatable bonds is 4. The first-order chi connectivity index (χ1) is 15.6. The van der Waals surface area contributed by atoms with Crippen LogP contribution in [0.4, 0.5) is 0 Å². The molecule has 0 spiro atoms. The van der Waals surface area contributed by atoms with Gasteiger partial charge < -0.3 is 9.32 Å². The third-order valence-corrected chi connectivity index (χ3v) is 6.13. The van der Waals surface area contributed by atoms with Gasteiger partial charge in [0.05, 0.1) is 11.7 Å². The molecule has 1 amide bonds. The summed E-state index contributed by atoms with van der Waals surface area (Å²) in [5.41, 5.74) is 3.08. The van der Waals surface area contributed by atoms with Gasteiger partial charge in [-0.25, -0.2) is 4.79 Å². The molecule has 0 atom stereocenters. The maximum absolute atomic E-state index is 13.2. The third-order valence-electron chi connectivity index (χ3n) is 6.13. The molecule has 1 aliphatic heterocycles. The Kier molecular flexibility index (Phi) is 5.49. The summed E-state index contributed by atoms with van der Waals surface area (Å²) < 4.78 is 7.07. The lowest BCUT2D eigenvalue weighted by Crippen LogP contribution is -2.37. The normalized spacial score (nSPS) is 15.3. The molecule has 164 valence electrons. The van der Waals surface area contributed by atoms with Crippen LogP contribution in [-0.4, -0.2) is 51.7 Å². The minimum atomic E-state index is -0.429. The van der Waals surface area contributed by atoms with Gasteiger partial charge in [-0.1, -0.05) is 42.0 Å². The number of nitrogens with zero attached hydrogens (tertiary/aromatic N) is 4. The molecule has 0 radical (unpaired) electrons. The number of aromatic nitrogens is 2. The zero-order valence-electron chi connectivity index (χ0n) is 18.2. The van der Waals surface area contributed by atoms with Crippen molar-refractivity contribution in [2.75, 3.05) is 26.2 Å². The topological polar surface area (TPSA) is 71.6 Å². The third kappa shape index (κ3) is 4.03. The second kappa shape index (κ2) is 8.59. The molecule has 7 heteroatoms. The summed E-state index contributed by atoms with van der Waals surface area (Å²) in [7, 11) is 0. The summed E-state index contributed by atoms with van der Waals surface area (Å²) in [4.78, 5) is 29.9. The van der Waals surface area contributed by atoms with Crippen molar-refractivity contribution >= 4 is 27.8 Å². The minimum Gasteiger partial charge on any atom is -0.422 e. The van der Waals surface area contributed by atoms with Crippen LogP contribution in [-0.2, 0) is 17.9 Å². The van der Waals surface area contributed by atoms with Crippen LogP contribution in [0, 0.1) is 6.92 Å². The smallest absolute Gasteiger partial charge is 0.347 e. The van der Waals surface area contributed by atoms with E-state index in [1.54, 1.807) is 10.7 Å². The highest BCUT2D eigenvalue weighted by Crippen LogP contribution is 2.24. The molecule has 1 saturated heterocycles. The Morgan fingerprint density at radius 3 is 2.72 bits per heavy atom.